The first-order valence-corrected chi connectivity index (χ1v) is 6.72. The van der Waals surface area contributed by atoms with Crippen molar-refractivity contribution >= 4 is 17.8 Å². The molecule has 0 aliphatic heterocycles. The van der Waals surface area contributed by atoms with Crippen molar-refractivity contribution in [3.8, 4) is 0 Å². The van der Waals surface area contributed by atoms with Gasteiger partial charge in [0.2, 0.25) is 0 Å². The maximum absolute atomic E-state index is 11.5. The first kappa shape index (κ1) is 13.0. The summed E-state index contributed by atoms with van der Waals surface area (Å²) in [5.74, 6) is 0.652. The zero-order chi connectivity index (χ0) is 12.8. The Kier molecular flexibility index (Phi) is 3.09. The first-order valence-electron chi connectivity index (χ1n) is 6.28. The standard InChI is InChI=1S/C13H21ClO3/c1-8(14)16-11(15)17-10-7-9-5-6-13(10,4)12(9,2)3/h8-10H,5-7H2,1-4H3/t8?,9-,10+,13+/m0/s1. The van der Waals surface area contributed by atoms with Crippen LogP contribution in [0.25, 0.3) is 0 Å². The molecule has 2 bridgehead atoms. The van der Waals surface area contributed by atoms with E-state index < -0.39 is 11.7 Å². The number of halogens is 1. The van der Waals surface area contributed by atoms with Crippen molar-refractivity contribution in [1.29, 1.82) is 0 Å². The van der Waals surface area contributed by atoms with Gasteiger partial charge in [0.25, 0.3) is 0 Å². The van der Waals surface area contributed by atoms with E-state index in [1.54, 1.807) is 6.92 Å². The molecule has 2 rings (SSSR count). The lowest BCUT2D eigenvalue weighted by molar-refractivity contribution is -0.0406. The van der Waals surface area contributed by atoms with Gasteiger partial charge in [0, 0.05) is 5.41 Å². The second kappa shape index (κ2) is 4.04. The highest BCUT2D eigenvalue weighted by Gasteiger charge is 2.63. The smallest absolute Gasteiger partial charge is 0.430 e. The second-order valence-corrected chi connectivity index (χ2v) is 6.74. The van der Waals surface area contributed by atoms with E-state index in [-0.39, 0.29) is 16.9 Å². The zero-order valence-electron chi connectivity index (χ0n) is 11.0. The minimum atomic E-state index is -0.637. The number of hydrogen-bond acceptors (Lipinski definition) is 3. The Morgan fingerprint density at radius 2 is 2.06 bits per heavy atom. The molecule has 0 spiro atoms. The monoisotopic (exact) mass is 260 g/mol. The van der Waals surface area contributed by atoms with Crippen LogP contribution in [0.2, 0.25) is 0 Å². The molecule has 2 aliphatic rings. The molecule has 1 unspecified atom stereocenters. The Hall–Kier alpha value is -0.440. The van der Waals surface area contributed by atoms with Gasteiger partial charge in [-0.1, -0.05) is 32.4 Å². The molecule has 2 saturated carbocycles. The molecular weight excluding hydrogens is 240 g/mol. The molecule has 98 valence electrons. The van der Waals surface area contributed by atoms with E-state index in [4.69, 9.17) is 21.1 Å². The Morgan fingerprint density at radius 3 is 2.47 bits per heavy atom. The highest BCUT2D eigenvalue weighted by Crippen LogP contribution is 2.66. The molecule has 4 heteroatoms. The highest BCUT2D eigenvalue weighted by molar-refractivity contribution is 6.19. The van der Waals surface area contributed by atoms with Crippen LogP contribution < -0.4 is 0 Å². The molecule has 2 aliphatic carbocycles. The Labute approximate surface area is 108 Å². The van der Waals surface area contributed by atoms with E-state index in [1.165, 1.54) is 6.42 Å². The third kappa shape index (κ3) is 1.92. The van der Waals surface area contributed by atoms with Crippen LogP contribution >= 0.6 is 11.6 Å². The third-order valence-electron chi connectivity index (χ3n) is 5.21. The van der Waals surface area contributed by atoms with Gasteiger partial charge < -0.3 is 9.47 Å². The van der Waals surface area contributed by atoms with Gasteiger partial charge >= 0.3 is 6.16 Å². The Morgan fingerprint density at radius 1 is 1.41 bits per heavy atom. The van der Waals surface area contributed by atoms with Crippen molar-refractivity contribution < 1.29 is 14.3 Å². The number of alkyl halides is 1. The molecule has 0 heterocycles. The predicted molar refractivity (Wildman–Crippen MR) is 65.9 cm³/mol. The lowest BCUT2D eigenvalue weighted by Gasteiger charge is -2.38. The zero-order valence-corrected chi connectivity index (χ0v) is 11.7. The van der Waals surface area contributed by atoms with Crippen LogP contribution in [0.4, 0.5) is 4.79 Å². The second-order valence-electron chi connectivity index (χ2n) is 6.13. The third-order valence-corrected chi connectivity index (χ3v) is 5.30. The maximum Gasteiger partial charge on any atom is 0.510 e. The summed E-state index contributed by atoms with van der Waals surface area (Å²) in [4.78, 5) is 11.5. The number of carbonyl (C=O) groups is 1. The summed E-state index contributed by atoms with van der Waals surface area (Å²) in [6, 6.07) is 0. The number of fused-ring (bicyclic) bond motifs is 2. The summed E-state index contributed by atoms with van der Waals surface area (Å²) in [6.45, 7) is 8.39. The van der Waals surface area contributed by atoms with Gasteiger partial charge in [0.1, 0.15) is 6.10 Å². The quantitative estimate of drug-likeness (QED) is 0.557. The summed E-state index contributed by atoms with van der Waals surface area (Å²) < 4.78 is 10.3. The van der Waals surface area contributed by atoms with Crippen LogP contribution in [-0.2, 0) is 9.47 Å². The average molecular weight is 261 g/mol. The van der Waals surface area contributed by atoms with E-state index in [2.05, 4.69) is 20.8 Å². The molecule has 4 atom stereocenters. The van der Waals surface area contributed by atoms with E-state index in [9.17, 15) is 4.79 Å². The summed E-state index contributed by atoms with van der Waals surface area (Å²) in [7, 11) is 0. The van der Waals surface area contributed by atoms with Crippen LogP contribution in [0.3, 0.4) is 0 Å². The normalized spacial score (nSPS) is 40.1. The van der Waals surface area contributed by atoms with E-state index in [1.807, 2.05) is 0 Å². The van der Waals surface area contributed by atoms with Gasteiger partial charge in [0.05, 0.1) is 0 Å². The Balaban J connectivity index is 2.03. The lowest BCUT2D eigenvalue weighted by atomic mass is 9.70. The molecule has 0 saturated heterocycles. The molecule has 0 aromatic heterocycles. The van der Waals surface area contributed by atoms with Gasteiger partial charge in [-0.25, -0.2) is 4.79 Å². The van der Waals surface area contributed by atoms with Crippen LogP contribution in [0, 0.1) is 16.7 Å². The number of ether oxygens (including phenoxy) is 2. The predicted octanol–water partition coefficient (Wildman–Crippen LogP) is 3.94. The lowest BCUT2D eigenvalue weighted by Crippen LogP contribution is -2.38. The van der Waals surface area contributed by atoms with E-state index >= 15 is 0 Å². The van der Waals surface area contributed by atoms with Crippen LogP contribution in [-0.4, -0.2) is 17.8 Å². The topological polar surface area (TPSA) is 35.5 Å². The van der Waals surface area contributed by atoms with Crippen molar-refractivity contribution in [3.63, 3.8) is 0 Å². The van der Waals surface area contributed by atoms with Crippen LogP contribution in [0.1, 0.15) is 47.0 Å². The van der Waals surface area contributed by atoms with E-state index in [0.717, 1.165) is 12.8 Å². The fraction of sp³-hybridized carbons (Fsp3) is 0.923. The molecule has 17 heavy (non-hydrogen) atoms. The van der Waals surface area contributed by atoms with Crippen molar-refractivity contribution in [2.45, 2.75) is 58.6 Å². The SMILES string of the molecule is CC(Cl)OC(=O)O[C@@H]1C[C@@H]2CC[C@@]1(C)C2(C)C. The summed E-state index contributed by atoms with van der Waals surface area (Å²) in [5.41, 5.74) is -0.321. The van der Waals surface area contributed by atoms with Crippen LogP contribution in [0.15, 0.2) is 0 Å². The summed E-state index contributed by atoms with van der Waals surface area (Å²) in [5, 5.41) is 0. The molecule has 0 N–H and O–H groups in total. The minimum absolute atomic E-state index is 0.0285. The minimum Gasteiger partial charge on any atom is -0.430 e. The number of carbonyl (C=O) groups excluding carboxylic acids is 1. The van der Waals surface area contributed by atoms with Crippen LogP contribution in [0.5, 0.6) is 0 Å². The molecule has 0 amide bonds. The van der Waals surface area contributed by atoms with Crippen molar-refractivity contribution in [1.82, 2.24) is 0 Å². The molecule has 0 aromatic rings. The summed E-state index contributed by atoms with van der Waals surface area (Å²) >= 11 is 5.60. The van der Waals surface area contributed by atoms with Gasteiger partial charge in [-0.2, -0.15) is 0 Å². The number of hydrogen-bond donors (Lipinski definition) is 0. The molecule has 2 fully saturated rings. The Bertz CT molecular complexity index is 327. The fourth-order valence-electron chi connectivity index (χ4n) is 3.59. The summed E-state index contributed by atoms with van der Waals surface area (Å²) in [6.07, 6.45) is 2.65. The molecule has 3 nitrogen and oxygen atoms in total. The van der Waals surface area contributed by atoms with Gasteiger partial charge in [-0.15, -0.1) is 0 Å². The van der Waals surface area contributed by atoms with Crippen molar-refractivity contribution in [2.75, 3.05) is 0 Å². The highest BCUT2D eigenvalue weighted by atomic mass is 35.5. The number of rotatable bonds is 2. The van der Waals surface area contributed by atoms with Crippen molar-refractivity contribution in [3.05, 3.63) is 0 Å². The first-order chi connectivity index (χ1) is 7.77. The fourth-order valence-corrected chi connectivity index (χ4v) is 3.66. The molecular formula is C13H21ClO3. The van der Waals surface area contributed by atoms with E-state index in [0.29, 0.717) is 5.92 Å². The molecule has 0 aromatic carbocycles. The van der Waals surface area contributed by atoms with Crippen molar-refractivity contribution in [2.24, 2.45) is 16.7 Å². The average Bonchev–Trinajstić information content (AvgIpc) is 2.49. The largest absolute Gasteiger partial charge is 0.510 e. The van der Waals surface area contributed by atoms with Gasteiger partial charge in [-0.3, -0.25) is 0 Å². The van der Waals surface area contributed by atoms with Gasteiger partial charge in [0.15, 0.2) is 5.56 Å². The molecule has 0 radical (unpaired) electrons. The maximum atomic E-state index is 11.5. The van der Waals surface area contributed by atoms with Gasteiger partial charge in [-0.05, 0) is 37.5 Å².